The minimum Gasteiger partial charge on any atom is -0.496 e. The third-order valence-electron chi connectivity index (χ3n) is 2.64. The van der Waals surface area contributed by atoms with Gasteiger partial charge in [0, 0.05) is 43.9 Å². The summed E-state index contributed by atoms with van der Waals surface area (Å²) in [5.41, 5.74) is 1.14. The first kappa shape index (κ1) is 15.3. The normalized spacial score (nSPS) is 11.9. The summed E-state index contributed by atoms with van der Waals surface area (Å²) < 4.78 is 10.2. The Morgan fingerprint density at radius 1 is 1.42 bits per heavy atom. The maximum atomic E-state index is 10.6. The third-order valence-corrected chi connectivity index (χ3v) is 2.64. The molecule has 0 saturated heterocycles. The zero-order valence-corrected chi connectivity index (χ0v) is 11.1. The van der Waals surface area contributed by atoms with Crippen LogP contribution < -0.4 is 10.1 Å². The van der Waals surface area contributed by atoms with E-state index >= 15 is 0 Å². The van der Waals surface area contributed by atoms with E-state index in [1.165, 1.54) is 7.11 Å². The summed E-state index contributed by atoms with van der Waals surface area (Å²) in [7, 11) is 3.12. The Bertz CT molecular complexity index is 423. The molecular formula is C13H18N2O4. The number of aromatic nitrogens is 1. The molecular weight excluding hydrogens is 248 g/mol. The van der Waals surface area contributed by atoms with Crippen LogP contribution >= 0.6 is 0 Å². The van der Waals surface area contributed by atoms with Crippen LogP contribution in [-0.4, -0.2) is 44.4 Å². The summed E-state index contributed by atoms with van der Waals surface area (Å²) >= 11 is 0. The van der Waals surface area contributed by atoms with Crippen molar-refractivity contribution >= 4 is 12.6 Å². The number of carbonyl (C=O) groups is 2. The van der Waals surface area contributed by atoms with E-state index in [0.29, 0.717) is 37.3 Å². The van der Waals surface area contributed by atoms with Crippen molar-refractivity contribution < 1.29 is 19.1 Å². The molecule has 0 aromatic carbocycles. The highest BCUT2D eigenvalue weighted by Gasteiger charge is 2.10. The molecule has 0 radical (unpaired) electrons. The summed E-state index contributed by atoms with van der Waals surface area (Å²) in [6.07, 6.45) is 3.47. The maximum absolute atomic E-state index is 10.6. The van der Waals surface area contributed by atoms with Gasteiger partial charge in [0.2, 0.25) is 0 Å². The first-order valence-corrected chi connectivity index (χ1v) is 5.89. The zero-order chi connectivity index (χ0) is 14.1. The fourth-order valence-corrected chi connectivity index (χ4v) is 1.65. The van der Waals surface area contributed by atoms with Gasteiger partial charge in [0.15, 0.2) is 6.29 Å². The van der Waals surface area contributed by atoms with Crippen molar-refractivity contribution in [1.29, 1.82) is 0 Å². The minimum absolute atomic E-state index is 0.0575. The lowest BCUT2D eigenvalue weighted by Crippen LogP contribution is -2.33. The lowest BCUT2D eigenvalue weighted by atomic mass is 10.2. The molecule has 0 bridgehead atoms. The van der Waals surface area contributed by atoms with E-state index < -0.39 is 0 Å². The van der Waals surface area contributed by atoms with Crippen LogP contribution in [0.25, 0.3) is 0 Å². The quantitative estimate of drug-likeness (QED) is 0.659. The van der Waals surface area contributed by atoms with Gasteiger partial charge in [-0.2, -0.15) is 0 Å². The van der Waals surface area contributed by atoms with E-state index in [9.17, 15) is 9.59 Å². The van der Waals surface area contributed by atoms with Gasteiger partial charge in [-0.15, -0.1) is 0 Å². The van der Waals surface area contributed by atoms with E-state index in [1.54, 1.807) is 19.4 Å². The van der Waals surface area contributed by atoms with Gasteiger partial charge in [-0.1, -0.05) is 0 Å². The Morgan fingerprint density at radius 3 is 2.79 bits per heavy atom. The molecule has 1 rings (SSSR count). The monoisotopic (exact) mass is 266 g/mol. The van der Waals surface area contributed by atoms with E-state index in [2.05, 4.69) is 10.3 Å². The number of ether oxygens (including phenoxy) is 2. The predicted octanol–water partition coefficient (Wildman–Crippen LogP) is 0.596. The molecule has 0 spiro atoms. The molecule has 1 aromatic heterocycles. The highest BCUT2D eigenvalue weighted by molar-refractivity contribution is 5.72. The number of aldehydes is 2. The van der Waals surface area contributed by atoms with Gasteiger partial charge in [-0.3, -0.25) is 9.78 Å². The van der Waals surface area contributed by atoms with Crippen LogP contribution in [0, 0.1) is 0 Å². The number of methoxy groups -OCH3 is 2. The molecule has 104 valence electrons. The molecule has 0 aliphatic heterocycles. The Kier molecular flexibility index (Phi) is 6.70. The van der Waals surface area contributed by atoms with E-state index in [4.69, 9.17) is 9.47 Å². The number of rotatable bonds is 9. The molecule has 0 aliphatic carbocycles. The minimum atomic E-state index is -0.0575. The molecule has 1 unspecified atom stereocenters. The molecule has 1 heterocycles. The Morgan fingerprint density at radius 2 is 2.21 bits per heavy atom. The van der Waals surface area contributed by atoms with Gasteiger partial charge < -0.3 is 19.6 Å². The first-order chi connectivity index (χ1) is 9.24. The summed E-state index contributed by atoms with van der Waals surface area (Å²) in [6, 6.07) is 1.52. The zero-order valence-electron chi connectivity index (χ0n) is 11.1. The van der Waals surface area contributed by atoms with Crippen molar-refractivity contribution in [1.82, 2.24) is 10.3 Å². The highest BCUT2D eigenvalue weighted by atomic mass is 16.5. The molecule has 0 fully saturated rings. The van der Waals surface area contributed by atoms with E-state index in [-0.39, 0.29) is 6.04 Å². The van der Waals surface area contributed by atoms with Crippen molar-refractivity contribution in [3.05, 3.63) is 23.5 Å². The van der Waals surface area contributed by atoms with Gasteiger partial charge in [0.1, 0.15) is 17.7 Å². The Balaban J connectivity index is 2.69. The second-order valence-electron chi connectivity index (χ2n) is 3.97. The summed E-state index contributed by atoms with van der Waals surface area (Å²) in [6.45, 7) is 0.929. The van der Waals surface area contributed by atoms with Crippen molar-refractivity contribution in [3.63, 3.8) is 0 Å². The number of pyridine rings is 1. The van der Waals surface area contributed by atoms with Gasteiger partial charge in [-0.25, -0.2) is 0 Å². The van der Waals surface area contributed by atoms with Crippen LogP contribution in [0.3, 0.4) is 0 Å². The number of nitrogens with one attached hydrogen (secondary N) is 1. The van der Waals surface area contributed by atoms with Gasteiger partial charge >= 0.3 is 0 Å². The average Bonchev–Trinajstić information content (AvgIpc) is 2.45. The third kappa shape index (κ3) is 4.76. The van der Waals surface area contributed by atoms with E-state index in [1.807, 2.05) is 0 Å². The second-order valence-corrected chi connectivity index (χ2v) is 3.97. The number of carbonyl (C=O) groups excluding carboxylic acids is 2. The van der Waals surface area contributed by atoms with Crippen molar-refractivity contribution in [2.45, 2.75) is 19.0 Å². The number of hydrogen-bond donors (Lipinski definition) is 1. The van der Waals surface area contributed by atoms with Gasteiger partial charge in [-0.05, 0) is 0 Å². The maximum Gasteiger partial charge on any atom is 0.168 e. The predicted molar refractivity (Wildman–Crippen MR) is 69.4 cm³/mol. The molecule has 1 atom stereocenters. The standard InChI is InChI=1S/C13H18N2O4/c1-18-9-11(3-4-16)14-6-10-7-15-12(8-17)5-13(10)19-2/h4-5,7-8,11,14H,3,6,9H2,1-2H3. The lowest BCUT2D eigenvalue weighted by molar-refractivity contribution is -0.108. The van der Waals surface area contributed by atoms with Crippen LogP contribution in [0.4, 0.5) is 0 Å². The van der Waals surface area contributed by atoms with Crippen molar-refractivity contribution in [3.8, 4) is 5.75 Å². The van der Waals surface area contributed by atoms with E-state index in [0.717, 1.165) is 11.8 Å². The smallest absolute Gasteiger partial charge is 0.168 e. The molecule has 0 aliphatic rings. The van der Waals surface area contributed by atoms with Gasteiger partial charge in [0.05, 0.1) is 13.7 Å². The fourth-order valence-electron chi connectivity index (χ4n) is 1.65. The van der Waals surface area contributed by atoms with Crippen LogP contribution in [0.2, 0.25) is 0 Å². The van der Waals surface area contributed by atoms with Crippen LogP contribution in [-0.2, 0) is 16.1 Å². The SMILES string of the molecule is COCC(CC=O)NCc1cnc(C=O)cc1OC. The van der Waals surface area contributed by atoms with Crippen LogP contribution in [0.15, 0.2) is 12.3 Å². The average molecular weight is 266 g/mol. The molecule has 19 heavy (non-hydrogen) atoms. The summed E-state index contributed by atoms with van der Waals surface area (Å²) in [5, 5.41) is 3.19. The van der Waals surface area contributed by atoms with Crippen molar-refractivity contribution in [2.24, 2.45) is 0 Å². The molecule has 1 aromatic rings. The second kappa shape index (κ2) is 8.34. The molecule has 6 heteroatoms. The molecule has 0 saturated carbocycles. The highest BCUT2D eigenvalue weighted by Crippen LogP contribution is 2.17. The largest absolute Gasteiger partial charge is 0.496 e. The van der Waals surface area contributed by atoms with Crippen LogP contribution in [0.5, 0.6) is 5.75 Å². The molecule has 0 amide bonds. The fraction of sp³-hybridized carbons (Fsp3) is 0.462. The molecule has 6 nitrogen and oxygen atoms in total. The topological polar surface area (TPSA) is 77.5 Å². The van der Waals surface area contributed by atoms with Crippen LogP contribution in [0.1, 0.15) is 22.5 Å². The Labute approximate surface area is 112 Å². The van der Waals surface area contributed by atoms with Crippen molar-refractivity contribution in [2.75, 3.05) is 20.8 Å². The summed E-state index contributed by atoms with van der Waals surface area (Å²) in [4.78, 5) is 25.2. The summed E-state index contributed by atoms with van der Waals surface area (Å²) in [5.74, 6) is 0.590. The number of hydrogen-bond acceptors (Lipinski definition) is 6. The Hall–Kier alpha value is -1.79. The first-order valence-electron chi connectivity index (χ1n) is 5.89. The lowest BCUT2D eigenvalue weighted by Gasteiger charge is -2.16. The molecule has 1 N–H and O–H groups in total. The number of nitrogens with zero attached hydrogens (tertiary/aromatic N) is 1. The van der Waals surface area contributed by atoms with Gasteiger partial charge in [0.25, 0.3) is 0 Å².